The van der Waals surface area contributed by atoms with E-state index in [1.807, 2.05) is 26.0 Å². The normalized spacial score (nSPS) is 13.0. The number of carbonyl (C=O) groups is 2. The molecule has 0 fully saturated rings. The molecule has 1 atom stereocenters. The van der Waals surface area contributed by atoms with E-state index in [1.54, 1.807) is 24.3 Å². The molecule has 0 saturated carbocycles. The molecule has 0 aromatic heterocycles. The second-order valence-corrected chi connectivity index (χ2v) is 11.0. The molecule has 0 radical (unpaired) electrons. The molecule has 7 nitrogen and oxygen atoms in total. The Kier molecular flexibility index (Phi) is 8.20. The molecule has 0 aliphatic rings. The summed E-state index contributed by atoms with van der Waals surface area (Å²) in [7, 11) is -2.22. The topological polar surface area (TPSA) is 104 Å². The minimum absolute atomic E-state index is 0.0147. The van der Waals surface area contributed by atoms with Gasteiger partial charge in [0.15, 0.2) is 0 Å². The van der Waals surface area contributed by atoms with Crippen LogP contribution in [0.4, 0.5) is 0 Å². The molecule has 174 valence electrons. The Bertz CT molecular complexity index is 1060. The van der Waals surface area contributed by atoms with E-state index < -0.39 is 16.1 Å². The summed E-state index contributed by atoms with van der Waals surface area (Å²) in [6, 6.07) is 13.0. The Morgan fingerprint density at radius 2 is 1.62 bits per heavy atom. The van der Waals surface area contributed by atoms with Crippen LogP contribution in [0.15, 0.2) is 53.4 Å². The fourth-order valence-electron chi connectivity index (χ4n) is 3.12. The van der Waals surface area contributed by atoms with Crippen LogP contribution in [-0.2, 0) is 26.8 Å². The van der Waals surface area contributed by atoms with Crippen LogP contribution in [-0.4, -0.2) is 33.3 Å². The molecule has 3 N–H and O–H groups in total. The van der Waals surface area contributed by atoms with E-state index in [0.717, 1.165) is 5.56 Å². The van der Waals surface area contributed by atoms with E-state index in [0.29, 0.717) is 11.1 Å². The van der Waals surface area contributed by atoms with Gasteiger partial charge in [0, 0.05) is 12.1 Å². The van der Waals surface area contributed by atoms with Crippen molar-refractivity contribution in [2.45, 2.75) is 57.5 Å². The van der Waals surface area contributed by atoms with Crippen LogP contribution in [0, 0.1) is 5.92 Å². The average Bonchev–Trinajstić information content (AvgIpc) is 2.75. The average molecular weight is 460 g/mol. The zero-order valence-corrected chi connectivity index (χ0v) is 20.3. The van der Waals surface area contributed by atoms with Crippen LogP contribution in [0.1, 0.15) is 56.1 Å². The van der Waals surface area contributed by atoms with Crippen molar-refractivity contribution in [3.05, 3.63) is 65.2 Å². The predicted molar refractivity (Wildman–Crippen MR) is 126 cm³/mol. The minimum atomic E-state index is -3.57. The van der Waals surface area contributed by atoms with Gasteiger partial charge in [-0.2, -0.15) is 0 Å². The van der Waals surface area contributed by atoms with E-state index >= 15 is 0 Å². The zero-order chi connectivity index (χ0) is 24.1. The van der Waals surface area contributed by atoms with Gasteiger partial charge in [0.25, 0.3) is 5.91 Å². The van der Waals surface area contributed by atoms with Crippen molar-refractivity contribution in [3.63, 3.8) is 0 Å². The van der Waals surface area contributed by atoms with Crippen LogP contribution in [0.3, 0.4) is 0 Å². The van der Waals surface area contributed by atoms with Crippen LogP contribution in [0.25, 0.3) is 0 Å². The van der Waals surface area contributed by atoms with Gasteiger partial charge in [-0.25, -0.2) is 13.1 Å². The lowest BCUT2D eigenvalue weighted by atomic mass is 9.86. The molecule has 2 aromatic rings. The van der Waals surface area contributed by atoms with E-state index in [9.17, 15) is 18.0 Å². The number of rotatable bonds is 8. The standard InChI is InChI=1S/C24H33N3O4S/c1-16(2)21(27-22(28)18-10-12-19(13-11-18)24(3,4)5)23(29)26-15-17-8-7-9-20(14-17)32(30,31)25-6/h7-14,16,21,25H,15H2,1-6H3,(H,26,29)(H,27,28). The lowest BCUT2D eigenvalue weighted by molar-refractivity contribution is -0.124. The maximum absolute atomic E-state index is 12.8. The van der Waals surface area contributed by atoms with E-state index in [4.69, 9.17) is 0 Å². The fourth-order valence-corrected chi connectivity index (χ4v) is 3.92. The lowest BCUT2D eigenvalue weighted by Crippen LogP contribution is -2.49. The van der Waals surface area contributed by atoms with Gasteiger partial charge in [-0.05, 0) is 53.8 Å². The van der Waals surface area contributed by atoms with Crippen molar-refractivity contribution in [3.8, 4) is 0 Å². The van der Waals surface area contributed by atoms with Crippen molar-refractivity contribution in [1.29, 1.82) is 0 Å². The van der Waals surface area contributed by atoms with E-state index in [2.05, 4.69) is 36.1 Å². The Morgan fingerprint density at radius 1 is 1.00 bits per heavy atom. The fraction of sp³-hybridized carbons (Fsp3) is 0.417. The molecule has 0 spiro atoms. The number of nitrogens with one attached hydrogen (secondary N) is 3. The number of carbonyl (C=O) groups excluding carboxylic acids is 2. The van der Waals surface area contributed by atoms with Crippen molar-refractivity contribution >= 4 is 21.8 Å². The Labute approximate surface area is 191 Å². The summed E-state index contributed by atoms with van der Waals surface area (Å²) in [6.07, 6.45) is 0. The molecule has 2 rings (SSSR count). The second-order valence-electron chi connectivity index (χ2n) is 9.10. The number of amides is 2. The molecule has 8 heteroatoms. The van der Waals surface area contributed by atoms with Crippen molar-refractivity contribution in [1.82, 2.24) is 15.4 Å². The first-order valence-electron chi connectivity index (χ1n) is 10.6. The highest BCUT2D eigenvalue weighted by Crippen LogP contribution is 2.22. The van der Waals surface area contributed by atoms with Crippen LogP contribution < -0.4 is 15.4 Å². The van der Waals surface area contributed by atoms with Gasteiger partial charge in [-0.3, -0.25) is 9.59 Å². The highest BCUT2D eigenvalue weighted by molar-refractivity contribution is 7.89. The minimum Gasteiger partial charge on any atom is -0.350 e. The molecule has 0 saturated heterocycles. The molecule has 1 unspecified atom stereocenters. The number of sulfonamides is 1. The summed E-state index contributed by atoms with van der Waals surface area (Å²) in [5.74, 6) is -0.785. The second kappa shape index (κ2) is 10.3. The third-order valence-electron chi connectivity index (χ3n) is 5.19. The summed E-state index contributed by atoms with van der Waals surface area (Å²) >= 11 is 0. The Morgan fingerprint density at radius 3 is 2.16 bits per heavy atom. The first-order valence-corrected chi connectivity index (χ1v) is 12.0. The maximum Gasteiger partial charge on any atom is 0.251 e. The van der Waals surface area contributed by atoms with Gasteiger partial charge in [0.05, 0.1) is 4.90 Å². The first-order chi connectivity index (χ1) is 14.8. The molecule has 0 bridgehead atoms. The van der Waals surface area contributed by atoms with E-state index in [1.165, 1.54) is 19.2 Å². The lowest BCUT2D eigenvalue weighted by Gasteiger charge is -2.22. The van der Waals surface area contributed by atoms with Gasteiger partial charge >= 0.3 is 0 Å². The van der Waals surface area contributed by atoms with E-state index in [-0.39, 0.29) is 34.6 Å². The highest BCUT2D eigenvalue weighted by Gasteiger charge is 2.25. The van der Waals surface area contributed by atoms with Crippen molar-refractivity contribution < 1.29 is 18.0 Å². The summed E-state index contributed by atoms with van der Waals surface area (Å²) in [6.45, 7) is 10.2. The Balaban J connectivity index is 2.07. The molecular weight excluding hydrogens is 426 g/mol. The molecule has 0 aliphatic heterocycles. The van der Waals surface area contributed by atoms with Crippen LogP contribution in [0.2, 0.25) is 0 Å². The van der Waals surface area contributed by atoms with Crippen LogP contribution >= 0.6 is 0 Å². The van der Waals surface area contributed by atoms with Gasteiger partial charge in [-0.1, -0.05) is 58.9 Å². The zero-order valence-electron chi connectivity index (χ0n) is 19.5. The summed E-state index contributed by atoms with van der Waals surface area (Å²) in [5.41, 5.74) is 2.23. The van der Waals surface area contributed by atoms with Gasteiger partial charge in [-0.15, -0.1) is 0 Å². The predicted octanol–water partition coefficient (Wildman–Crippen LogP) is 2.96. The van der Waals surface area contributed by atoms with Gasteiger partial charge in [0.2, 0.25) is 15.9 Å². The summed E-state index contributed by atoms with van der Waals surface area (Å²) in [4.78, 5) is 25.6. The highest BCUT2D eigenvalue weighted by atomic mass is 32.2. The third-order valence-corrected chi connectivity index (χ3v) is 6.61. The van der Waals surface area contributed by atoms with Crippen molar-refractivity contribution in [2.75, 3.05) is 7.05 Å². The number of hydrogen-bond donors (Lipinski definition) is 3. The van der Waals surface area contributed by atoms with Gasteiger partial charge in [0.1, 0.15) is 6.04 Å². The molecular formula is C24H33N3O4S. The number of hydrogen-bond acceptors (Lipinski definition) is 4. The molecule has 2 amide bonds. The quantitative estimate of drug-likeness (QED) is 0.564. The summed E-state index contributed by atoms with van der Waals surface area (Å²) < 4.78 is 26.2. The maximum atomic E-state index is 12.8. The van der Waals surface area contributed by atoms with Gasteiger partial charge < -0.3 is 10.6 Å². The molecule has 0 heterocycles. The Hall–Kier alpha value is -2.71. The monoisotopic (exact) mass is 459 g/mol. The van der Waals surface area contributed by atoms with Crippen molar-refractivity contribution in [2.24, 2.45) is 5.92 Å². The third kappa shape index (κ3) is 6.64. The molecule has 0 aliphatic carbocycles. The molecule has 32 heavy (non-hydrogen) atoms. The number of benzene rings is 2. The summed E-state index contributed by atoms with van der Waals surface area (Å²) in [5, 5.41) is 5.61. The first kappa shape index (κ1) is 25.5. The largest absolute Gasteiger partial charge is 0.350 e. The SMILES string of the molecule is CNS(=O)(=O)c1cccc(CNC(=O)C(NC(=O)c2ccc(C(C)(C)C)cc2)C(C)C)c1. The smallest absolute Gasteiger partial charge is 0.251 e. The van der Waals surface area contributed by atoms with Crippen LogP contribution in [0.5, 0.6) is 0 Å². The molecule has 2 aromatic carbocycles.